The van der Waals surface area contributed by atoms with E-state index >= 15 is 0 Å². The molecule has 12 heteroatoms. The van der Waals surface area contributed by atoms with Gasteiger partial charge in [-0.05, 0) is 50.4 Å². The van der Waals surface area contributed by atoms with Crippen molar-refractivity contribution in [1.29, 1.82) is 0 Å². The highest BCUT2D eigenvalue weighted by atomic mass is 32.2. The van der Waals surface area contributed by atoms with E-state index in [0.29, 0.717) is 45.3 Å². The third kappa shape index (κ3) is 4.32. The molecule has 0 aromatic heterocycles. The van der Waals surface area contributed by atoms with Crippen molar-refractivity contribution in [3.8, 4) is 0 Å². The zero-order chi connectivity index (χ0) is 21.8. The van der Waals surface area contributed by atoms with Gasteiger partial charge in [-0.15, -0.1) is 0 Å². The molecule has 4 bridgehead atoms. The van der Waals surface area contributed by atoms with Gasteiger partial charge >= 0.3 is 27.3 Å². The number of rotatable bonds is 9. The molecule has 4 aliphatic carbocycles. The van der Waals surface area contributed by atoms with Crippen molar-refractivity contribution in [1.82, 2.24) is 0 Å². The third-order valence-electron chi connectivity index (χ3n) is 6.46. The predicted octanol–water partition coefficient (Wildman–Crippen LogP) is 1.31. The second kappa shape index (κ2) is 7.35. The number of hydrogen-bond acceptors (Lipinski definition) is 8. The topological polar surface area (TPSA) is 129 Å². The van der Waals surface area contributed by atoms with Crippen LogP contribution in [-0.2, 0) is 38.7 Å². The van der Waals surface area contributed by atoms with Gasteiger partial charge < -0.3 is 18.9 Å². The number of alkyl halides is 2. The van der Waals surface area contributed by atoms with Gasteiger partial charge in [-0.25, -0.2) is 9.59 Å². The fourth-order valence-electron chi connectivity index (χ4n) is 5.77. The smallest absolute Gasteiger partial charge is 0.460 e. The first-order valence-electron chi connectivity index (χ1n) is 9.85. The highest BCUT2D eigenvalue weighted by Crippen LogP contribution is 2.63. The summed E-state index contributed by atoms with van der Waals surface area (Å²) >= 11 is 0. The largest absolute Gasteiger partial charge is 0.465 e. The Bertz CT molecular complexity index is 810. The molecule has 0 aromatic carbocycles. The second-order valence-electron chi connectivity index (χ2n) is 9.16. The lowest BCUT2D eigenvalue weighted by Gasteiger charge is -2.60. The second-order valence-corrected chi connectivity index (χ2v) is 10.6. The Kier molecular flexibility index (Phi) is 5.35. The van der Waals surface area contributed by atoms with E-state index in [-0.39, 0.29) is 24.5 Å². The summed E-state index contributed by atoms with van der Waals surface area (Å²) in [4.78, 5) is 23.9. The number of ether oxygens (including phenoxy) is 4. The standard InChI is InChI=1S/C18H24F2O9S/c19-18(20,30(23,24)25)15(22)28-10-16-2-11-1-12(3-16)5-17(4-11,9-16)29-14(21)8-26-6-13-7-27-13/h11-13H,1-10H2,(H,23,24,25). The van der Waals surface area contributed by atoms with Gasteiger partial charge in [0.2, 0.25) is 0 Å². The molecule has 0 aromatic rings. The minimum absolute atomic E-state index is 0.0242. The number of halogens is 2. The quantitative estimate of drug-likeness (QED) is 0.311. The van der Waals surface area contributed by atoms with E-state index in [1.54, 1.807) is 0 Å². The first-order valence-corrected chi connectivity index (χ1v) is 11.3. The van der Waals surface area contributed by atoms with Gasteiger partial charge in [-0.2, -0.15) is 17.2 Å². The molecule has 4 saturated carbocycles. The van der Waals surface area contributed by atoms with E-state index in [2.05, 4.69) is 4.74 Å². The SMILES string of the molecule is O=C(COCC1CO1)OC12CC3CC(CC(COC(=O)C(F)(F)S(=O)(=O)O)(C3)C1)C2. The molecule has 3 atom stereocenters. The normalized spacial score (nSPS) is 37.1. The lowest BCUT2D eigenvalue weighted by molar-refractivity contribution is -0.215. The molecule has 1 N–H and O–H groups in total. The van der Waals surface area contributed by atoms with E-state index in [1.807, 2.05) is 0 Å². The monoisotopic (exact) mass is 454 g/mol. The maximum atomic E-state index is 13.5. The molecule has 5 aliphatic rings. The van der Waals surface area contributed by atoms with Crippen LogP contribution in [0.15, 0.2) is 0 Å². The van der Waals surface area contributed by atoms with Crippen molar-refractivity contribution < 1.29 is 50.3 Å². The summed E-state index contributed by atoms with van der Waals surface area (Å²) in [7, 11) is -5.92. The van der Waals surface area contributed by atoms with Gasteiger partial charge in [-0.3, -0.25) is 4.55 Å². The molecular formula is C18H24F2O9S. The lowest BCUT2D eigenvalue weighted by Crippen LogP contribution is -2.59. The van der Waals surface area contributed by atoms with Crippen molar-refractivity contribution in [3.63, 3.8) is 0 Å². The Balaban J connectivity index is 1.39. The predicted molar refractivity (Wildman–Crippen MR) is 94.0 cm³/mol. The van der Waals surface area contributed by atoms with Gasteiger partial charge in [0.25, 0.3) is 0 Å². The fraction of sp³-hybridized carbons (Fsp3) is 0.889. The van der Waals surface area contributed by atoms with E-state index in [0.717, 1.165) is 6.42 Å². The highest BCUT2D eigenvalue weighted by molar-refractivity contribution is 7.87. The number of hydrogen-bond donors (Lipinski definition) is 1. The molecule has 0 radical (unpaired) electrons. The number of carbonyl (C=O) groups excluding carboxylic acids is 2. The van der Waals surface area contributed by atoms with Crippen LogP contribution in [0.4, 0.5) is 8.78 Å². The van der Waals surface area contributed by atoms with Crippen LogP contribution >= 0.6 is 0 Å². The Labute approximate surface area is 172 Å². The summed E-state index contributed by atoms with van der Waals surface area (Å²) in [6, 6.07) is 0. The molecule has 30 heavy (non-hydrogen) atoms. The van der Waals surface area contributed by atoms with E-state index in [4.69, 9.17) is 18.8 Å². The molecule has 0 spiro atoms. The maximum Gasteiger partial charge on any atom is 0.465 e. The van der Waals surface area contributed by atoms with Gasteiger partial charge in [0.1, 0.15) is 18.3 Å². The summed E-state index contributed by atoms with van der Waals surface area (Å²) in [5.41, 5.74) is -1.43. The van der Waals surface area contributed by atoms with Crippen molar-refractivity contribution in [3.05, 3.63) is 0 Å². The molecule has 170 valence electrons. The number of carbonyl (C=O) groups is 2. The molecule has 0 amide bonds. The zero-order valence-corrected chi connectivity index (χ0v) is 17.0. The summed E-state index contributed by atoms with van der Waals surface area (Å²) in [5.74, 6) is -2.42. The average Bonchev–Trinajstić information content (AvgIpc) is 3.41. The summed E-state index contributed by atoms with van der Waals surface area (Å²) < 4.78 is 77.8. The fourth-order valence-corrected chi connectivity index (χ4v) is 6.04. The Morgan fingerprint density at radius 3 is 2.37 bits per heavy atom. The van der Waals surface area contributed by atoms with Gasteiger partial charge in [0, 0.05) is 5.41 Å². The van der Waals surface area contributed by atoms with Crippen molar-refractivity contribution in [2.45, 2.75) is 55.5 Å². The Hall–Kier alpha value is -1.37. The zero-order valence-electron chi connectivity index (χ0n) is 16.2. The van der Waals surface area contributed by atoms with Crippen LogP contribution < -0.4 is 0 Å². The maximum absolute atomic E-state index is 13.5. The van der Waals surface area contributed by atoms with Crippen LogP contribution in [0.25, 0.3) is 0 Å². The molecule has 9 nitrogen and oxygen atoms in total. The summed E-state index contributed by atoms with van der Waals surface area (Å²) in [6.07, 6.45) is 3.82. The van der Waals surface area contributed by atoms with Gasteiger partial charge in [-0.1, -0.05) is 0 Å². The van der Waals surface area contributed by atoms with E-state index in [1.165, 1.54) is 0 Å². The highest BCUT2D eigenvalue weighted by Gasteiger charge is 2.61. The Morgan fingerprint density at radius 1 is 1.17 bits per heavy atom. The molecular weight excluding hydrogens is 430 g/mol. The minimum atomic E-state index is -5.92. The van der Waals surface area contributed by atoms with Gasteiger partial charge in [0.15, 0.2) is 0 Å². The summed E-state index contributed by atoms with van der Waals surface area (Å²) in [5, 5.41) is -5.03. The van der Waals surface area contributed by atoms with Crippen LogP contribution in [0.5, 0.6) is 0 Å². The Morgan fingerprint density at radius 2 is 1.80 bits per heavy atom. The van der Waals surface area contributed by atoms with E-state index < -0.39 is 44.9 Å². The van der Waals surface area contributed by atoms with Crippen LogP contribution in [0.3, 0.4) is 0 Å². The molecule has 5 fully saturated rings. The molecule has 5 rings (SSSR count). The molecule has 1 heterocycles. The van der Waals surface area contributed by atoms with Crippen LogP contribution in [0.1, 0.15) is 38.5 Å². The average molecular weight is 454 g/mol. The number of esters is 2. The van der Waals surface area contributed by atoms with Gasteiger partial charge in [0.05, 0.1) is 19.8 Å². The minimum Gasteiger partial charge on any atom is -0.460 e. The first-order chi connectivity index (χ1) is 13.9. The van der Waals surface area contributed by atoms with E-state index in [9.17, 15) is 26.8 Å². The lowest BCUT2D eigenvalue weighted by atomic mass is 9.48. The first kappa shape index (κ1) is 21.8. The third-order valence-corrected chi connectivity index (χ3v) is 7.27. The molecule has 1 saturated heterocycles. The van der Waals surface area contributed by atoms with Crippen molar-refractivity contribution >= 4 is 22.1 Å². The molecule has 3 unspecified atom stereocenters. The summed E-state index contributed by atoms with van der Waals surface area (Å²) in [6.45, 7) is 0.299. The van der Waals surface area contributed by atoms with Crippen LogP contribution in [0, 0.1) is 17.3 Å². The number of epoxide rings is 1. The van der Waals surface area contributed by atoms with Crippen LogP contribution in [0.2, 0.25) is 0 Å². The van der Waals surface area contributed by atoms with Crippen molar-refractivity contribution in [2.75, 3.05) is 26.4 Å². The van der Waals surface area contributed by atoms with Crippen LogP contribution in [-0.4, -0.2) is 68.3 Å². The molecule has 1 aliphatic heterocycles. The van der Waals surface area contributed by atoms with Crippen molar-refractivity contribution in [2.24, 2.45) is 17.3 Å².